The van der Waals surface area contributed by atoms with E-state index in [1.807, 2.05) is 0 Å². The minimum absolute atomic E-state index is 0.0808. The van der Waals surface area contributed by atoms with E-state index in [9.17, 15) is 5.11 Å². The lowest BCUT2D eigenvalue weighted by atomic mass is 10.0. The second-order valence-corrected chi connectivity index (χ2v) is 6.58. The topological polar surface area (TPSA) is 44.7 Å². The van der Waals surface area contributed by atoms with Crippen LogP contribution in [0.5, 0.6) is 5.75 Å². The van der Waals surface area contributed by atoms with Gasteiger partial charge in [0.25, 0.3) is 0 Å². The number of likely N-dealkylation sites (tertiary alicyclic amines) is 1. The minimum Gasteiger partial charge on any atom is -0.496 e. The third kappa shape index (κ3) is 4.26. The predicted octanol–water partition coefficient (Wildman–Crippen LogP) is 2.78. The van der Waals surface area contributed by atoms with Gasteiger partial charge in [-0.2, -0.15) is 0 Å². The Kier molecular flexibility index (Phi) is 6.07. The van der Waals surface area contributed by atoms with Crippen LogP contribution < -0.4 is 10.1 Å². The molecule has 0 aromatic heterocycles. The summed E-state index contributed by atoms with van der Waals surface area (Å²) in [7, 11) is 1.72. The zero-order chi connectivity index (χ0) is 16.8. The number of aliphatic hydroxyl groups excluding tert-OH is 1. The first kappa shape index (κ1) is 17.2. The highest BCUT2D eigenvalue weighted by molar-refractivity contribution is 5.91. The van der Waals surface area contributed by atoms with Crippen LogP contribution in [0.4, 0.5) is 0 Å². The van der Waals surface area contributed by atoms with Gasteiger partial charge >= 0.3 is 0 Å². The lowest BCUT2D eigenvalue weighted by molar-refractivity contribution is 0.0821. The maximum atomic E-state index is 9.54. The Balaban J connectivity index is 1.48. The Morgan fingerprint density at radius 1 is 1.12 bits per heavy atom. The van der Waals surface area contributed by atoms with E-state index in [0.717, 1.165) is 57.7 Å². The van der Waals surface area contributed by atoms with Gasteiger partial charge < -0.3 is 20.1 Å². The molecule has 1 saturated heterocycles. The number of rotatable bonds is 7. The monoisotopic (exact) mass is 328 g/mol. The van der Waals surface area contributed by atoms with E-state index < -0.39 is 0 Å². The Bertz CT molecular complexity index is 651. The quantitative estimate of drug-likeness (QED) is 0.767. The average molecular weight is 328 g/mol. The molecule has 0 spiro atoms. The first-order chi connectivity index (χ1) is 11.8. The number of hydrogen-bond acceptors (Lipinski definition) is 4. The number of methoxy groups -OCH3 is 1. The molecule has 0 unspecified atom stereocenters. The van der Waals surface area contributed by atoms with E-state index >= 15 is 0 Å². The highest BCUT2D eigenvalue weighted by Crippen LogP contribution is 2.28. The summed E-state index contributed by atoms with van der Waals surface area (Å²) in [6.07, 6.45) is 2.91. The van der Waals surface area contributed by atoms with Crippen LogP contribution in [0.25, 0.3) is 10.8 Å². The van der Waals surface area contributed by atoms with Crippen molar-refractivity contribution in [2.75, 3.05) is 33.3 Å². The lowest BCUT2D eigenvalue weighted by Crippen LogP contribution is -2.37. The van der Waals surface area contributed by atoms with Gasteiger partial charge in [0.1, 0.15) is 5.75 Å². The lowest BCUT2D eigenvalue weighted by Gasteiger charge is -2.29. The molecule has 3 rings (SSSR count). The number of piperidine rings is 1. The van der Waals surface area contributed by atoms with E-state index in [2.05, 4.69) is 46.6 Å². The molecule has 1 aliphatic heterocycles. The fraction of sp³-hybridized carbons (Fsp3) is 0.500. The smallest absolute Gasteiger partial charge is 0.126 e. The van der Waals surface area contributed by atoms with Gasteiger partial charge in [0.2, 0.25) is 0 Å². The second kappa shape index (κ2) is 8.47. The van der Waals surface area contributed by atoms with Gasteiger partial charge in [-0.15, -0.1) is 0 Å². The average Bonchev–Trinajstić information content (AvgIpc) is 2.63. The first-order valence-corrected chi connectivity index (χ1v) is 8.93. The van der Waals surface area contributed by atoms with Crippen LogP contribution in [0.15, 0.2) is 36.4 Å². The van der Waals surface area contributed by atoms with E-state index in [4.69, 9.17) is 4.74 Å². The summed E-state index contributed by atoms with van der Waals surface area (Å²) in [6, 6.07) is 12.6. The largest absolute Gasteiger partial charge is 0.496 e. The molecule has 0 amide bonds. The van der Waals surface area contributed by atoms with Gasteiger partial charge in [0.15, 0.2) is 0 Å². The molecule has 1 aliphatic rings. The summed E-state index contributed by atoms with van der Waals surface area (Å²) in [5.74, 6) is 0.932. The van der Waals surface area contributed by atoms with Crippen LogP contribution in [-0.2, 0) is 6.54 Å². The van der Waals surface area contributed by atoms with Crippen LogP contribution in [0.2, 0.25) is 0 Å². The zero-order valence-electron chi connectivity index (χ0n) is 14.5. The van der Waals surface area contributed by atoms with Gasteiger partial charge in [-0.05, 0) is 49.4 Å². The number of nitrogens with one attached hydrogen (secondary N) is 1. The molecule has 130 valence electrons. The van der Waals surface area contributed by atoms with E-state index in [0.29, 0.717) is 0 Å². The number of ether oxygens (including phenoxy) is 1. The number of hydrogen-bond donors (Lipinski definition) is 2. The van der Waals surface area contributed by atoms with Crippen molar-refractivity contribution in [3.63, 3.8) is 0 Å². The van der Waals surface area contributed by atoms with E-state index in [1.54, 1.807) is 7.11 Å². The Labute approximate surface area is 144 Å². The molecular weight excluding hydrogens is 300 g/mol. The molecule has 0 aliphatic carbocycles. The predicted molar refractivity (Wildman–Crippen MR) is 98.5 cm³/mol. The van der Waals surface area contributed by atoms with E-state index in [-0.39, 0.29) is 6.10 Å². The Hall–Kier alpha value is -1.62. The number of benzene rings is 2. The SMILES string of the molecule is COc1ccc(CNCCCN2CCC(O)CC2)c2ccccc12. The van der Waals surface area contributed by atoms with Crippen LogP contribution in [-0.4, -0.2) is 49.4 Å². The molecule has 0 atom stereocenters. The molecule has 1 fully saturated rings. The summed E-state index contributed by atoms with van der Waals surface area (Å²) in [5.41, 5.74) is 1.31. The third-order valence-corrected chi connectivity index (χ3v) is 4.89. The van der Waals surface area contributed by atoms with Crippen LogP contribution in [0.1, 0.15) is 24.8 Å². The summed E-state index contributed by atoms with van der Waals surface area (Å²) in [6.45, 7) is 5.07. The molecule has 0 radical (unpaired) electrons. The normalized spacial score (nSPS) is 16.6. The van der Waals surface area contributed by atoms with Gasteiger partial charge in [0.05, 0.1) is 13.2 Å². The van der Waals surface area contributed by atoms with Crippen molar-refractivity contribution in [2.45, 2.75) is 31.9 Å². The third-order valence-electron chi connectivity index (χ3n) is 4.89. The maximum absolute atomic E-state index is 9.54. The van der Waals surface area contributed by atoms with Crippen LogP contribution in [0, 0.1) is 0 Å². The summed E-state index contributed by atoms with van der Waals surface area (Å²) >= 11 is 0. The van der Waals surface area contributed by atoms with Crippen molar-refractivity contribution in [3.8, 4) is 5.75 Å². The molecular formula is C20H28N2O2. The fourth-order valence-corrected chi connectivity index (χ4v) is 3.46. The fourth-order valence-electron chi connectivity index (χ4n) is 3.46. The molecule has 4 heteroatoms. The molecule has 24 heavy (non-hydrogen) atoms. The summed E-state index contributed by atoms with van der Waals surface area (Å²) in [5, 5.41) is 15.5. The van der Waals surface area contributed by atoms with Crippen molar-refractivity contribution in [3.05, 3.63) is 42.0 Å². The van der Waals surface area contributed by atoms with Crippen LogP contribution in [0.3, 0.4) is 0 Å². The number of nitrogens with zero attached hydrogens (tertiary/aromatic N) is 1. The van der Waals surface area contributed by atoms with Gasteiger partial charge in [0, 0.05) is 25.0 Å². The molecule has 0 bridgehead atoms. The Morgan fingerprint density at radius 3 is 2.62 bits per heavy atom. The molecule has 2 N–H and O–H groups in total. The van der Waals surface area contributed by atoms with Gasteiger partial charge in [-0.25, -0.2) is 0 Å². The van der Waals surface area contributed by atoms with Crippen molar-refractivity contribution in [1.82, 2.24) is 10.2 Å². The highest BCUT2D eigenvalue weighted by Gasteiger charge is 2.15. The minimum atomic E-state index is -0.0808. The maximum Gasteiger partial charge on any atom is 0.126 e. The summed E-state index contributed by atoms with van der Waals surface area (Å²) < 4.78 is 5.46. The second-order valence-electron chi connectivity index (χ2n) is 6.58. The van der Waals surface area contributed by atoms with Crippen molar-refractivity contribution in [1.29, 1.82) is 0 Å². The molecule has 0 saturated carbocycles. The van der Waals surface area contributed by atoms with Gasteiger partial charge in [-0.1, -0.05) is 30.3 Å². The highest BCUT2D eigenvalue weighted by atomic mass is 16.5. The Morgan fingerprint density at radius 2 is 1.88 bits per heavy atom. The molecule has 4 nitrogen and oxygen atoms in total. The zero-order valence-corrected chi connectivity index (χ0v) is 14.5. The first-order valence-electron chi connectivity index (χ1n) is 8.93. The molecule has 1 heterocycles. The summed E-state index contributed by atoms with van der Waals surface area (Å²) in [4.78, 5) is 2.46. The number of aliphatic hydroxyl groups is 1. The van der Waals surface area contributed by atoms with Crippen molar-refractivity contribution in [2.24, 2.45) is 0 Å². The standard InChI is InChI=1S/C20H28N2O2/c1-24-20-8-7-16(18-5-2-3-6-19(18)20)15-21-11-4-12-22-13-9-17(23)10-14-22/h2-3,5-8,17,21,23H,4,9-15H2,1H3. The molecule has 2 aromatic rings. The van der Waals surface area contributed by atoms with Crippen LogP contribution >= 0.6 is 0 Å². The van der Waals surface area contributed by atoms with Crippen molar-refractivity contribution >= 4 is 10.8 Å². The van der Waals surface area contributed by atoms with Crippen molar-refractivity contribution < 1.29 is 9.84 Å². The van der Waals surface area contributed by atoms with E-state index in [1.165, 1.54) is 16.3 Å². The van der Waals surface area contributed by atoms with Gasteiger partial charge in [-0.3, -0.25) is 0 Å². The number of fused-ring (bicyclic) bond motifs is 1. The molecule has 2 aromatic carbocycles.